The van der Waals surface area contributed by atoms with Gasteiger partial charge >= 0.3 is 0 Å². The second-order valence-electron chi connectivity index (χ2n) is 6.57. The van der Waals surface area contributed by atoms with Gasteiger partial charge in [0.05, 0.1) is 22.4 Å². The predicted molar refractivity (Wildman–Crippen MR) is 113 cm³/mol. The van der Waals surface area contributed by atoms with Gasteiger partial charge in [0.2, 0.25) is 0 Å². The predicted octanol–water partition coefficient (Wildman–Crippen LogP) is 6.21. The van der Waals surface area contributed by atoms with E-state index in [4.69, 9.17) is 9.97 Å². The van der Waals surface area contributed by atoms with Crippen molar-refractivity contribution in [3.63, 3.8) is 0 Å². The van der Waals surface area contributed by atoms with E-state index in [0.717, 1.165) is 33.2 Å². The lowest BCUT2D eigenvalue weighted by molar-refractivity contribution is 1.30. The Bertz CT molecular complexity index is 1480. The van der Waals surface area contributed by atoms with Crippen LogP contribution in [-0.2, 0) is 0 Å². The van der Waals surface area contributed by atoms with Crippen LogP contribution in [0.2, 0.25) is 0 Å². The Morgan fingerprint density at radius 2 is 1.48 bits per heavy atom. The van der Waals surface area contributed by atoms with E-state index < -0.39 is 0 Å². The third kappa shape index (κ3) is 2.24. The van der Waals surface area contributed by atoms with Crippen molar-refractivity contribution in [2.24, 2.45) is 0 Å². The van der Waals surface area contributed by atoms with Gasteiger partial charge in [-0.25, -0.2) is 4.98 Å². The molecule has 4 heterocycles. The van der Waals surface area contributed by atoms with Crippen LogP contribution in [0.4, 0.5) is 0 Å². The molecular formula is C23H13N3S. The van der Waals surface area contributed by atoms with Crippen molar-refractivity contribution in [2.75, 3.05) is 0 Å². The fourth-order valence-corrected chi connectivity index (χ4v) is 4.74. The quantitative estimate of drug-likeness (QED) is 0.326. The molecule has 0 radical (unpaired) electrons. The Balaban J connectivity index is 1.60. The SMILES string of the molecule is c1cnc2c(c1)ccc1ccc(-c3cc4sc5ccccc5c4cn3)nc12. The molecular weight excluding hydrogens is 350 g/mol. The summed E-state index contributed by atoms with van der Waals surface area (Å²) in [4.78, 5) is 14.2. The molecule has 0 atom stereocenters. The number of aromatic nitrogens is 3. The summed E-state index contributed by atoms with van der Waals surface area (Å²) >= 11 is 1.80. The number of pyridine rings is 3. The minimum absolute atomic E-state index is 0.875. The molecule has 4 heteroatoms. The third-order valence-electron chi connectivity index (χ3n) is 4.96. The maximum absolute atomic E-state index is 4.91. The molecule has 2 aromatic carbocycles. The van der Waals surface area contributed by atoms with Crippen LogP contribution in [-0.4, -0.2) is 15.0 Å². The van der Waals surface area contributed by atoms with Crippen LogP contribution in [0.5, 0.6) is 0 Å². The normalized spacial score (nSPS) is 11.7. The maximum atomic E-state index is 4.91. The van der Waals surface area contributed by atoms with Crippen LogP contribution in [0.1, 0.15) is 0 Å². The van der Waals surface area contributed by atoms with Crippen LogP contribution < -0.4 is 0 Å². The molecule has 0 fully saturated rings. The van der Waals surface area contributed by atoms with Crippen molar-refractivity contribution < 1.29 is 0 Å². The van der Waals surface area contributed by atoms with E-state index in [0.29, 0.717) is 0 Å². The molecule has 0 spiro atoms. The van der Waals surface area contributed by atoms with Crippen molar-refractivity contribution >= 4 is 53.3 Å². The van der Waals surface area contributed by atoms with Crippen molar-refractivity contribution in [3.05, 3.63) is 79.1 Å². The second kappa shape index (κ2) is 5.56. The molecule has 0 aliphatic rings. The molecule has 27 heavy (non-hydrogen) atoms. The lowest BCUT2D eigenvalue weighted by atomic mass is 10.1. The topological polar surface area (TPSA) is 38.7 Å². The van der Waals surface area contributed by atoms with Crippen molar-refractivity contribution in [1.82, 2.24) is 15.0 Å². The molecule has 0 unspecified atom stereocenters. The standard InChI is InChI=1S/C23H13N3S/c1-2-6-20-16(5-1)17-13-25-19(12-21(17)27-20)18-10-9-15-8-7-14-4-3-11-24-22(14)23(15)26-18/h1-13H. The van der Waals surface area contributed by atoms with Gasteiger partial charge in [0.15, 0.2) is 0 Å². The number of hydrogen-bond acceptors (Lipinski definition) is 4. The van der Waals surface area contributed by atoms with Gasteiger partial charge in [-0.1, -0.05) is 42.5 Å². The first-order valence-electron chi connectivity index (χ1n) is 8.79. The Kier molecular flexibility index (Phi) is 3.04. The van der Waals surface area contributed by atoms with Crippen LogP contribution in [0.15, 0.2) is 79.1 Å². The van der Waals surface area contributed by atoms with E-state index >= 15 is 0 Å². The molecule has 0 N–H and O–H groups in total. The lowest BCUT2D eigenvalue weighted by Crippen LogP contribution is -1.90. The zero-order valence-corrected chi connectivity index (χ0v) is 15.1. The zero-order chi connectivity index (χ0) is 17.8. The molecule has 126 valence electrons. The Morgan fingerprint density at radius 3 is 2.44 bits per heavy atom. The largest absolute Gasteiger partial charge is 0.254 e. The van der Waals surface area contributed by atoms with Gasteiger partial charge in [-0.3, -0.25) is 9.97 Å². The van der Waals surface area contributed by atoms with E-state index in [1.807, 2.05) is 24.5 Å². The summed E-state index contributed by atoms with van der Waals surface area (Å²) in [6.45, 7) is 0. The van der Waals surface area contributed by atoms with E-state index in [-0.39, 0.29) is 0 Å². The number of nitrogens with zero attached hydrogens (tertiary/aromatic N) is 3. The molecule has 0 aliphatic carbocycles. The fraction of sp³-hybridized carbons (Fsp3) is 0. The number of benzene rings is 2. The highest BCUT2D eigenvalue weighted by Gasteiger charge is 2.10. The highest BCUT2D eigenvalue weighted by Crippen LogP contribution is 2.35. The summed E-state index contributed by atoms with van der Waals surface area (Å²) in [5, 5.41) is 4.65. The lowest BCUT2D eigenvalue weighted by Gasteiger charge is -2.05. The van der Waals surface area contributed by atoms with Gasteiger partial charge in [0, 0.05) is 43.3 Å². The second-order valence-corrected chi connectivity index (χ2v) is 7.66. The minimum atomic E-state index is 0.875. The third-order valence-corrected chi connectivity index (χ3v) is 6.09. The van der Waals surface area contributed by atoms with Crippen molar-refractivity contribution in [1.29, 1.82) is 0 Å². The van der Waals surface area contributed by atoms with E-state index in [2.05, 4.69) is 59.6 Å². The Labute approximate surface area is 159 Å². The molecule has 6 rings (SSSR count). The first-order valence-corrected chi connectivity index (χ1v) is 9.61. The number of rotatable bonds is 1. The molecule has 3 nitrogen and oxygen atoms in total. The van der Waals surface area contributed by atoms with Gasteiger partial charge in [-0.15, -0.1) is 11.3 Å². The first kappa shape index (κ1) is 14.8. The van der Waals surface area contributed by atoms with Crippen molar-refractivity contribution in [2.45, 2.75) is 0 Å². The van der Waals surface area contributed by atoms with Gasteiger partial charge in [-0.2, -0.15) is 0 Å². The number of fused-ring (bicyclic) bond motifs is 6. The highest BCUT2D eigenvalue weighted by atomic mass is 32.1. The molecule has 6 aromatic rings. The minimum Gasteiger partial charge on any atom is -0.254 e. The summed E-state index contributed by atoms with van der Waals surface area (Å²) in [6, 6.07) is 23.0. The molecule has 0 bridgehead atoms. The van der Waals surface area contributed by atoms with Gasteiger partial charge < -0.3 is 0 Å². The van der Waals surface area contributed by atoms with Crippen LogP contribution in [0, 0.1) is 0 Å². The van der Waals surface area contributed by atoms with Gasteiger partial charge in [0.1, 0.15) is 0 Å². The van der Waals surface area contributed by atoms with Gasteiger partial charge in [-0.05, 0) is 24.3 Å². The Morgan fingerprint density at radius 1 is 0.630 bits per heavy atom. The summed E-state index contributed by atoms with van der Waals surface area (Å²) in [7, 11) is 0. The van der Waals surface area contributed by atoms with E-state index in [9.17, 15) is 0 Å². The molecule has 4 aromatic heterocycles. The average molecular weight is 363 g/mol. The first-order chi connectivity index (χ1) is 13.4. The van der Waals surface area contributed by atoms with Gasteiger partial charge in [0.25, 0.3) is 0 Å². The van der Waals surface area contributed by atoms with Crippen molar-refractivity contribution in [3.8, 4) is 11.4 Å². The average Bonchev–Trinajstić information content (AvgIpc) is 3.11. The smallest absolute Gasteiger partial charge is 0.0972 e. The fourth-order valence-electron chi connectivity index (χ4n) is 3.63. The zero-order valence-electron chi connectivity index (χ0n) is 14.3. The number of thiophene rings is 1. The summed E-state index contributed by atoms with van der Waals surface area (Å²) in [6.07, 6.45) is 3.79. The van der Waals surface area contributed by atoms with Crippen LogP contribution in [0.3, 0.4) is 0 Å². The monoisotopic (exact) mass is 363 g/mol. The molecule has 0 saturated heterocycles. The maximum Gasteiger partial charge on any atom is 0.0972 e. The Hall–Kier alpha value is -3.37. The molecule has 0 amide bonds. The number of hydrogen-bond donors (Lipinski definition) is 0. The summed E-state index contributed by atoms with van der Waals surface area (Å²) < 4.78 is 2.52. The van der Waals surface area contributed by atoms with Crippen LogP contribution >= 0.6 is 11.3 Å². The molecule has 0 saturated carbocycles. The van der Waals surface area contributed by atoms with E-state index in [1.54, 1.807) is 11.3 Å². The molecule has 0 aliphatic heterocycles. The summed E-state index contributed by atoms with van der Waals surface area (Å²) in [5.41, 5.74) is 3.62. The van der Waals surface area contributed by atoms with E-state index in [1.165, 1.54) is 20.2 Å². The summed E-state index contributed by atoms with van der Waals surface area (Å²) in [5.74, 6) is 0. The highest BCUT2D eigenvalue weighted by molar-refractivity contribution is 7.25. The van der Waals surface area contributed by atoms with Crippen LogP contribution in [0.25, 0.3) is 53.4 Å².